The standard InChI is InChI=1S/C17H25NO3S/c1-3-19-17(20-4-2)13-21-16-7-5-15(6-8-16)9-11-22-12-10-18-14-22/h5-9,11,14,17-18H,3-4,10,12-13H2,1-2H3. The maximum atomic E-state index is 5.72. The second-order valence-electron chi connectivity index (χ2n) is 4.77. The highest BCUT2D eigenvalue weighted by Gasteiger charge is 2.08. The Morgan fingerprint density at radius 2 is 1.91 bits per heavy atom. The molecule has 1 N–H and O–H groups in total. The number of hydrogen-bond acceptors (Lipinski definition) is 4. The van der Waals surface area contributed by atoms with Gasteiger partial charge in [-0.2, -0.15) is 10.5 Å². The fourth-order valence-electron chi connectivity index (χ4n) is 2.03. The van der Waals surface area contributed by atoms with E-state index in [2.05, 4.69) is 34.4 Å². The molecule has 1 aromatic rings. The Labute approximate surface area is 135 Å². The van der Waals surface area contributed by atoms with E-state index in [1.54, 1.807) is 0 Å². The molecule has 1 aliphatic rings. The summed E-state index contributed by atoms with van der Waals surface area (Å²) in [6, 6.07) is 8.09. The topological polar surface area (TPSA) is 39.7 Å². The van der Waals surface area contributed by atoms with Crippen LogP contribution < -0.4 is 10.1 Å². The summed E-state index contributed by atoms with van der Waals surface area (Å²) >= 11 is 0. The number of benzene rings is 1. The van der Waals surface area contributed by atoms with Crippen molar-refractivity contribution in [2.45, 2.75) is 20.1 Å². The molecular formula is C17H25NO3S. The average molecular weight is 323 g/mol. The summed E-state index contributed by atoms with van der Waals surface area (Å²) in [7, 11) is 0.272. The van der Waals surface area contributed by atoms with Gasteiger partial charge < -0.3 is 14.2 Å². The van der Waals surface area contributed by atoms with Gasteiger partial charge in [0.15, 0.2) is 6.29 Å². The number of nitrogens with one attached hydrogen (secondary N) is 1. The average Bonchev–Trinajstić information content (AvgIpc) is 3.05. The van der Waals surface area contributed by atoms with Crippen molar-refractivity contribution in [1.82, 2.24) is 5.32 Å². The van der Waals surface area contributed by atoms with Crippen molar-refractivity contribution >= 4 is 22.1 Å². The second-order valence-corrected chi connectivity index (χ2v) is 6.62. The van der Waals surface area contributed by atoms with Crippen LogP contribution in [0.2, 0.25) is 0 Å². The molecule has 122 valence electrons. The van der Waals surface area contributed by atoms with E-state index < -0.39 is 0 Å². The molecule has 1 atom stereocenters. The van der Waals surface area contributed by atoms with Crippen LogP contribution in [-0.4, -0.2) is 43.9 Å². The number of rotatable bonds is 9. The minimum atomic E-state index is -0.304. The zero-order chi connectivity index (χ0) is 15.6. The van der Waals surface area contributed by atoms with Gasteiger partial charge in [-0.25, -0.2) is 0 Å². The van der Waals surface area contributed by atoms with Gasteiger partial charge in [0.2, 0.25) is 0 Å². The first-order valence-corrected chi connectivity index (χ1v) is 9.23. The fourth-order valence-corrected chi connectivity index (χ4v) is 3.38. The molecule has 0 amide bonds. The van der Waals surface area contributed by atoms with Gasteiger partial charge in [-0.3, -0.25) is 5.32 Å². The molecule has 5 heteroatoms. The summed E-state index contributed by atoms with van der Waals surface area (Å²) in [5.41, 5.74) is 3.36. The predicted molar refractivity (Wildman–Crippen MR) is 94.5 cm³/mol. The molecular weight excluding hydrogens is 298 g/mol. The maximum Gasteiger partial charge on any atom is 0.191 e. The van der Waals surface area contributed by atoms with Crippen LogP contribution >= 0.6 is 10.5 Å². The van der Waals surface area contributed by atoms with Crippen molar-refractivity contribution in [2.24, 2.45) is 0 Å². The predicted octanol–water partition coefficient (Wildman–Crippen LogP) is 3.07. The third-order valence-corrected chi connectivity index (χ3v) is 4.75. The maximum absolute atomic E-state index is 5.72. The quantitative estimate of drug-likeness (QED) is 0.560. The molecule has 0 fully saturated rings. The second kappa shape index (κ2) is 9.79. The van der Waals surface area contributed by atoms with Gasteiger partial charge in [0.05, 0.1) is 0 Å². The molecule has 4 nitrogen and oxygen atoms in total. The smallest absolute Gasteiger partial charge is 0.191 e. The van der Waals surface area contributed by atoms with Gasteiger partial charge in [-0.15, -0.1) is 0 Å². The van der Waals surface area contributed by atoms with Crippen molar-refractivity contribution in [3.63, 3.8) is 0 Å². The largest absolute Gasteiger partial charge is 0.488 e. The minimum absolute atomic E-state index is 0.272. The van der Waals surface area contributed by atoms with E-state index in [0.29, 0.717) is 19.8 Å². The monoisotopic (exact) mass is 323 g/mol. The zero-order valence-corrected chi connectivity index (χ0v) is 14.1. The Bertz CT molecular complexity index is 493. The van der Waals surface area contributed by atoms with Crippen LogP contribution in [0.3, 0.4) is 0 Å². The molecule has 1 aliphatic heterocycles. The Balaban J connectivity index is 1.83. The normalized spacial score (nSPS) is 18.0. The van der Waals surface area contributed by atoms with Gasteiger partial charge in [-0.05, 0) is 43.0 Å². The summed E-state index contributed by atoms with van der Waals surface area (Å²) in [5, 5.41) is 5.52. The van der Waals surface area contributed by atoms with Crippen molar-refractivity contribution in [1.29, 1.82) is 0 Å². The molecule has 2 rings (SSSR count). The molecule has 0 aromatic heterocycles. The lowest BCUT2D eigenvalue weighted by atomic mass is 10.2. The molecule has 0 spiro atoms. The molecule has 1 unspecified atom stereocenters. The van der Waals surface area contributed by atoms with Crippen LogP contribution in [0.25, 0.3) is 6.08 Å². The van der Waals surface area contributed by atoms with Gasteiger partial charge in [0.1, 0.15) is 12.4 Å². The number of hydrogen-bond donors (Lipinski definition) is 1. The van der Waals surface area contributed by atoms with Crippen LogP contribution in [0.1, 0.15) is 19.4 Å². The Morgan fingerprint density at radius 1 is 1.18 bits per heavy atom. The molecule has 1 aromatic carbocycles. The number of ether oxygens (including phenoxy) is 3. The molecule has 22 heavy (non-hydrogen) atoms. The van der Waals surface area contributed by atoms with Crippen LogP contribution in [0.5, 0.6) is 5.75 Å². The summed E-state index contributed by atoms with van der Waals surface area (Å²) in [6.45, 7) is 6.62. The molecule has 0 bridgehead atoms. The summed E-state index contributed by atoms with van der Waals surface area (Å²) in [4.78, 5) is 0. The van der Waals surface area contributed by atoms with E-state index >= 15 is 0 Å². The molecule has 0 saturated heterocycles. The lowest BCUT2D eigenvalue weighted by Crippen LogP contribution is -2.25. The van der Waals surface area contributed by atoms with E-state index in [9.17, 15) is 0 Å². The first kappa shape index (κ1) is 17.2. The third kappa shape index (κ3) is 5.93. The molecule has 1 heterocycles. The van der Waals surface area contributed by atoms with E-state index in [-0.39, 0.29) is 16.8 Å². The minimum Gasteiger partial charge on any atom is -0.488 e. The summed E-state index contributed by atoms with van der Waals surface area (Å²) in [6.07, 6.45) is 1.86. The van der Waals surface area contributed by atoms with Crippen LogP contribution in [0.15, 0.2) is 29.7 Å². The lowest BCUT2D eigenvalue weighted by molar-refractivity contribution is -0.152. The van der Waals surface area contributed by atoms with Crippen LogP contribution in [-0.2, 0) is 9.47 Å². The van der Waals surface area contributed by atoms with E-state index in [0.717, 1.165) is 12.3 Å². The highest BCUT2D eigenvalue weighted by Crippen LogP contribution is 2.19. The van der Waals surface area contributed by atoms with Crippen molar-refractivity contribution in [3.8, 4) is 5.75 Å². The van der Waals surface area contributed by atoms with Crippen molar-refractivity contribution in [2.75, 3.05) is 32.1 Å². The zero-order valence-electron chi connectivity index (χ0n) is 13.3. The van der Waals surface area contributed by atoms with E-state index in [1.807, 2.05) is 26.0 Å². The SMILES string of the molecule is CCOC(COc1ccc(C=CS2=CNCC2)cc1)OCC. The lowest BCUT2D eigenvalue weighted by Gasteiger charge is -2.17. The summed E-state index contributed by atoms with van der Waals surface area (Å²) < 4.78 is 16.6. The van der Waals surface area contributed by atoms with Gasteiger partial charge in [0, 0.05) is 31.0 Å². The van der Waals surface area contributed by atoms with Gasteiger partial charge >= 0.3 is 0 Å². The Hall–Kier alpha value is -1.14. The third-order valence-electron chi connectivity index (χ3n) is 3.12. The summed E-state index contributed by atoms with van der Waals surface area (Å²) in [5.74, 6) is 2.03. The Kier molecular flexibility index (Phi) is 7.66. The fraction of sp³-hybridized carbons (Fsp3) is 0.471. The molecule has 0 aliphatic carbocycles. The highest BCUT2D eigenvalue weighted by atomic mass is 32.2. The Morgan fingerprint density at radius 3 is 2.50 bits per heavy atom. The van der Waals surface area contributed by atoms with Crippen LogP contribution in [0, 0.1) is 0 Å². The van der Waals surface area contributed by atoms with Gasteiger partial charge in [-0.1, -0.05) is 12.1 Å². The molecule has 0 radical (unpaired) electrons. The van der Waals surface area contributed by atoms with Crippen LogP contribution in [0.4, 0.5) is 0 Å². The first-order valence-electron chi connectivity index (χ1n) is 7.71. The van der Waals surface area contributed by atoms with E-state index in [1.165, 1.54) is 11.3 Å². The van der Waals surface area contributed by atoms with Crippen molar-refractivity contribution < 1.29 is 14.2 Å². The molecule has 0 saturated carbocycles. The van der Waals surface area contributed by atoms with Gasteiger partial charge in [0.25, 0.3) is 0 Å². The van der Waals surface area contributed by atoms with Crippen molar-refractivity contribution in [3.05, 3.63) is 35.2 Å². The van der Waals surface area contributed by atoms with E-state index in [4.69, 9.17) is 14.2 Å². The highest BCUT2D eigenvalue weighted by molar-refractivity contribution is 8.17. The first-order chi connectivity index (χ1) is 10.8.